The van der Waals surface area contributed by atoms with Gasteiger partial charge in [0.2, 0.25) is 0 Å². The van der Waals surface area contributed by atoms with Gasteiger partial charge in [-0.1, -0.05) is 30.3 Å². The second-order valence-corrected chi connectivity index (χ2v) is 7.56. The molecule has 2 aliphatic rings. The highest BCUT2D eigenvalue weighted by Gasteiger charge is 2.50. The molecule has 2 aliphatic heterocycles. The summed E-state index contributed by atoms with van der Waals surface area (Å²) in [6.45, 7) is 0.0611. The lowest BCUT2D eigenvalue weighted by Crippen LogP contribution is -2.56. The number of morpholine rings is 1. The lowest BCUT2D eigenvalue weighted by Gasteiger charge is -2.43. The first-order valence-electron chi connectivity index (χ1n) is 7.95. The van der Waals surface area contributed by atoms with E-state index in [1.165, 1.54) is 4.90 Å². The van der Waals surface area contributed by atoms with Gasteiger partial charge in [0.25, 0.3) is 0 Å². The number of carbonyl (C=O) groups is 1. The molecule has 11 heteroatoms. The summed E-state index contributed by atoms with van der Waals surface area (Å²) < 4.78 is 74.6. The van der Waals surface area contributed by atoms with Gasteiger partial charge >= 0.3 is 21.7 Å². The summed E-state index contributed by atoms with van der Waals surface area (Å²) in [6.07, 6.45) is 0.251. The molecule has 0 spiro atoms. The van der Waals surface area contributed by atoms with Crippen molar-refractivity contribution in [2.24, 2.45) is 0 Å². The van der Waals surface area contributed by atoms with Gasteiger partial charge in [-0.3, -0.25) is 4.90 Å². The van der Waals surface area contributed by atoms with E-state index in [1.54, 1.807) is 24.3 Å². The second-order valence-electron chi connectivity index (χ2n) is 6.03. The minimum atomic E-state index is -5.76. The fourth-order valence-electron chi connectivity index (χ4n) is 2.89. The van der Waals surface area contributed by atoms with Crippen LogP contribution in [-0.2, 0) is 30.4 Å². The third-order valence-electron chi connectivity index (χ3n) is 4.08. The van der Waals surface area contributed by atoms with Crippen LogP contribution in [0.4, 0.5) is 18.0 Å². The zero-order valence-corrected chi connectivity index (χ0v) is 14.7. The molecule has 2 atom stereocenters. The molecule has 0 saturated carbocycles. The molecule has 1 amide bonds. The average molecular weight is 407 g/mol. The highest BCUT2D eigenvalue weighted by atomic mass is 32.2. The standard InChI is InChI=1S/C16H16F3NO6S/c17-16(18,19)27(22,23)26-14-6-12-9-24-10-13(7-14)20(12)15(21)25-8-11-4-2-1-3-5-11/h1-6,12-13H,7-10H2. The molecule has 148 valence electrons. The summed E-state index contributed by atoms with van der Waals surface area (Å²) in [7, 11) is -5.76. The molecule has 0 aliphatic carbocycles. The van der Waals surface area contributed by atoms with Crippen LogP contribution in [0.25, 0.3) is 0 Å². The molecule has 0 aromatic heterocycles. The van der Waals surface area contributed by atoms with Crippen LogP contribution in [-0.4, -0.2) is 50.2 Å². The number of benzene rings is 1. The van der Waals surface area contributed by atoms with E-state index in [4.69, 9.17) is 9.47 Å². The number of amides is 1. The third-order valence-corrected chi connectivity index (χ3v) is 5.08. The van der Waals surface area contributed by atoms with Crippen LogP contribution in [0.15, 0.2) is 42.2 Å². The smallest absolute Gasteiger partial charge is 0.445 e. The average Bonchev–Trinajstić information content (AvgIpc) is 2.58. The SMILES string of the molecule is O=C(OCc1ccccc1)N1C2C=C(OS(=O)(=O)C(F)(F)F)CC1COC2. The van der Waals surface area contributed by atoms with Gasteiger partial charge in [0, 0.05) is 6.42 Å². The molecule has 0 N–H and O–H groups in total. The van der Waals surface area contributed by atoms with Crippen molar-refractivity contribution < 1.29 is 40.0 Å². The monoisotopic (exact) mass is 407 g/mol. The van der Waals surface area contributed by atoms with Gasteiger partial charge in [-0.05, 0) is 11.6 Å². The van der Waals surface area contributed by atoms with Crippen LogP contribution in [0.2, 0.25) is 0 Å². The van der Waals surface area contributed by atoms with Crippen molar-refractivity contribution in [3.63, 3.8) is 0 Å². The molecule has 1 fully saturated rings. The molecule has 2 bridgehead atoms. The zero-order chi connectivity index (χ0) is 19.7. The number of rotatable bonds is 4. The maximum Gasteiger partial charge on any atom is 0.534 e. The first kappa shape index (κ1) is 19.5. The van der Waals surface area contributed by atoms with Crippen LogP contribution in [0, 0.1) is 0 Å². The molecule has 7 nitrogen and oxygen atoms in total. The van der Waals surface area contributed by atoms with Crippen molar-refractivity contribution >= 4 is 16.2 Å². The predicted octanol–water partition coefficient (Wildman–Crippen LogP) is 2.55. The second kappa shape index (κ2) is 7.39. The Hall–Kier alpha value is -2.27. The van der Waals surface area contributed by atoms with Crippen molar-refractivity contribution in [3.05, 3.63) is 47.7 Å². The van der Waals surface area contributed by atoms with Crippen molar-refractivity contribution in [3.8, 4) is 0 Å². The summed E-state index contributed by atoms with van der Waals surface area (Å²) in [5.74, 6) is -0.363. The molecule has 1 saturated heterocycles. The van der Waals surface area contributed by atoms with E-state index in [1.807, 2.05) is 6.07 Å². The predicted molar refractivity (Wildman–Crippen MR) is 85.6 cm³/mol. The number of alkyl halides is 3. The van der Waals surface area contributed by atoms with Crippen LogP contribution in [0.5, 0.6) is 0 Å². The molecule has 2 unspecified atom stereocenters. The van der Waals surface area contributed by atoms with Crippen LogP contribution in [0.1, 0.15) is 12.0 Å². The quantitative estimate of drug-likeness (QED) is 0.564. The Kier molecular flexibility index (Phi) is 5.33. The maximum absolute atomic E-state index is 12.5. The van der Waals surface area contributed by atoms with Crippen LogP contribution < -0.4 is 0 Å². The number of hydrogen-bond donors (Lipinski definition) is 0. The lowest BCUT2D eigenvalue weighted by atomic mass is 10.0. The molecule has 2 heterocycles. The summed E-state index contributed by atoms with van der Waals surface area (Å²) in [5, 5.41) is 0. The van der Waals surface area contributed by atoms with Gasteiger partial charge in [0.1, 0.15) is 12.4 Å². The van der Waals surface area contributed by atoms with Gasteiger partial charge in [-0.2, -0.15) is 21.6 Å². The third kappa shape index (κ3) is 4.35. The Labute approximate surface area is 153 Å². The number of fused-ring (bicyclic) bond motifs is 2. The molecular formula is C16H16F3NO6S. The van der Waals surface area contributed by atoms with E-state index < -0.39 is 33.8 Å². The molecule has 0 radical (unpaired) electrons. The summed E-state index contributed by atoms with van der Waals surface area (Å²) in [5.41, 5.74) is -4.74. The minimum absolute atomic E-state index is 0.00410. The minimum Gasteiger partial charge on any atom is -0.445 e. The van der Waals surface area contributed by atoms with Gasteiger partial charge < -0.3 is 13.7 Å². The van der Waals surface area contributed by atoms with E-state index in [-0.39, 0.29) is 32.0 Å². The first-order chi connectivity index (χ1) is 12.7. The van der Waals surface area contributed by atoms with Gasteiger partial charge in [0.15, 0.2) is 0 Å². The highest BCUT2D eigenvalue weighted by molar-refractivity contribution is 7.87. The largest absolute Gasteiger partial charge is 0.534 e. The Morgan fingerprint density at radius 3 is 2.56 bits per heavy atom. The summed E-state index contributed by atoms with van der Waals surface area (Å²) in [4.78, 5) is 13.7. The van der Waals surface area contributed by atoms with Gasteiger partial charge in [-0.25, -0.2) is 4.79 Å². The topological polar surface area (TPSA) is 82.1 Å². The molecule has 3 rings (SSSR count). The van der Waals surface area contributed by atoms with Crippen LogP contribution in [0.3, 0.4) is 0 Å². The van der Waals surface area contributed by atoms with Crippen molar-refractivity contribution in [2.45, 2.75) is 30.6 Å². The van der Waals surface area contributed by atoms with Crippen molar-refractivity contribution in [1.82, 2.24) is 4.90 Å². The number of nitrogens with zero attached hydrogens (tertiary/aromatic N) is 1. The normalized spacial score (nSPS) is 22.8. The Morgan fingerprint density at radius 2 is 1.93 bits per heavy atom. The molecule has 27 heavy (non-hydrogen) atoms. The number of carbonyl (C=O) groups excluding carboxylic acids is 1. The molecule has 1 aromatic rings. The van der Waals surface area contributed by atoms with E-state index in [0.29, 0.717) is 0 Å². The Morgan fingerprint density at radius 1 is 1.22 bits per heavy atom. The number of halogens is 3. The zero-order valence-electron chi connectivity index (χ0n) is 13.9. The van der Waals surface area contributed by atoms with Crippen LogP contribution >= 0.6 is 0 Å². The van der Waals surface area contributed by atoms with E-state index >= 15 is 0 Å². The van der Waals surface area contributed by atoms with E-state index in [0.717, 1.165) is 11.6 Å². The van der Waals surface area contributed by atoms with E-state index in [9.17, 15) is 26.4 Å². The summed E-state index contributed by atoms with van der Waals surface area (Å²) in [6, 6.07) is 7.50. The first-order valence-corrected chi connectivity index (χ1v) is 9.36. The van der Waals surface area contributed by atoms with Crippen molar-refractivity contribution in [1.29, 1.82) is 0 Å². The fourth-order valence-corrected chi connectivity index (χ4v) is 3.38. The molecular weight excluding hydrogens is 391 g/mol. The van der Waals surface area contributed by atoms with Gasteiger partial charge in [-0.15, -0.1) is 0 Å². The van der Waals surface area contributed by atoms with Gasteiger partial charge in [0.05, 0.1) is 25.3 Å². The maximum atomic E-state index is 12.5. The fraction of sp³-hybridized carbons (Fsp3) is 0.438. The van der Waals surface area contributed by atoms with Crippen molar-refractivity contribution in [2.75, 3.05) is 13.2 Å². The Bertz CT molecular complexity index is 824. The lowest BCUT2D eigenvalue weighted by molar-refractivity contribution is -0.0564. The van der Waals surface area contributed by atoms with E-state index in [2.05, 4.69) is 4.18 Å². The summed E-state index contributed by atoms with van der Waals surface area (Å²) >= 11 is 0. The number of hydrogen-bond acceptors (Lipinski definition) is 6. The number of ether oxygens (including phenoxy) is 2. The Balaban J connectivity index is 1.70. The molecule has 1 aromatic carbocycles. The highest BCUT2D eigenvalue weighted by Crippen LogP contribution is 2.33.